The SMILES string of the molecule is c1ccc(-c2cc3ccccc3cc2-c2ccc3c(c2)c(-c2ccccc2)cc2cc(-c4ccc5c(c4)C4(Cc6ccccc6C4)c4ccccc4-5)ccc23)cc1. The Kier molecular flexibility index (Phi) is 7.07. The second-order valence-corrected chi connectivity index (χ2v) is 16.1. The van der Waals surface area contributed by atoms with Crippen LogP contribution in [-0.4, -0.2) is 0 Å². The molecule has 0 aliphatic heterocycles. The summed E-state index contributed by atoms with van der Waals surface area (Å²) in [6.07, 6.45) is 2.10. The summed E-state index contributed by atoms with van der Waals surface area (Å²) in [5, 5.41) is 7.58. The lowest BCUT2D eigenvalue weighted by molar-refractivity contribution is 0.564. The fraction of sp³-hybridized carbons (Fsp3) is 0.0526. The number of hydrogen-bond acceptors (Lipinski definition) is 0. The average Bonchev–Trinajstić information content (AvgIpc) is 3.81. The summed E-state index contributed by atoms with van der Waals surface area (Å²) in [6.45, 7) is 0. The van der Waals surface area contributed by atoms with E-state index < -0.39 is 0 Å². The van der Waals surface area contributed by atoms with Crippen molar-refractivity contribution in [1.82, 2.24) is 0 Å². The molecule has 12 rings (SSSR count). The number of rotatable bonds is 4. The summed E-state index contributed by atoms with van der Waals surface area (Å²) in [5.74, 6) is 0. The molecule has 0 amide bonds. The van der Waals surface area contributed by atoms with Gasteiger partial charge >= 0.3 is 0 Å². The van der Waals surface area contributed by atoms with Crippen molar-refractivity contribution < 1.29 is 0 Å². The highest BCUT2D eigenvalue weighted by Crippen LogP contribution is 2.56. The molecule has 0 heteroatoms. The normalized spacial score (nSPS) is 13.6. The van der Waals surface area contributed by atoms with E-state index in [0.29, 0.717) is 0 Å². The summed E-state index contributed by atoms with van der Waals surface area (Å²) in [7, 11) is 0. The zero-order valence-corrected chi connectivity index (χ0v) is 31.5. The molecule has 0 fully saturated rings. The van der Waals surface area contributed by atoms with Crippen molar-refractivity contribution >= 4 is 32.3 Å². The standard InChI is InChI=1S/C57H38/c1-3-13-37(14-4-1)51-30-39-17-7-8-18-40(39)31-53(51)43-25-27-48-47-26-23-41(29-46(47)33-52(54(48)32-43)38-15-5-2-6-16-38)42-24-28-50-49-21-11-12-22-55(49)57(56(50)34-42)35-44-19-9-10-20-45(44)36-57/h1-34H,35-36H2. The highest BCUT2D eigenvalue weighted by Gasteiger charge is 2.47. The molecule has 0 radical (unpaired) electrons. The molecule has 0 saturated carbocycles. The molecular weight excluding hydrogens is 685 g/mol. The molecule has 0 heterocycles. The van der Waals surface area contributed by atoms with Crippen LogP contribution >= 0.6 is 0 Å². The van der Waals surface area contributed by atoms with Gasteiger partial charge in [0.1, 0.15) is 0 Å². The third-order valence-electron chi connectivity index (χ3n) is 13.0. The highest BCUT2D eigenvalue weighted by atomic mass is 14.5. The maximum atomic E-state index is 2.52. The largest absolute Gasteiger partial charge is 0.0622 e. The Morgan fingerprint density at radius 1 is 0.263 bits per heavy atom. The Morgan fingerprint density at radius 3 is 1.53 bits per heavy atom. The highest BCUT2D eigenvalue weighted by molar-refractivity contribution is 6.16. The van der Waals surface area contributed by atoms with Crippen LogP contribution < -0.4 is 0 Å². The number of hydrogen-bond donors (Lipinski definition) is 0. The van der Waals surface area contributed by atoms with Crippen molar-refractivity contribution in [3.05, 3.63) is 229 Å². The average molecular weight is 723 g/mol. The van der Waals surface area contributed by atoms with Gasteiger partial charge in [0.05, 0.1) is 0 Å². The fourth-order valence-electron chi connectivity index (χ4n) is 10.3. The monoisotopic (exact) mass is 722 g/mol. The van der Waals surface area contributed by atoms with Gasteiger partial charge in [-0.3, -0.25) is 0 Å². The predicted molar refractivity (Wildman–Crippen MR) is 241 cm³/mol. The molecule has 0 bridgehead atoms. The van der Waals surface area contributed by atoms with E-state index >= 15 is 0 Å². The van der Waals surface area contributed by atoms with Crippen LogP contribution in [0.15, 0.2) is 206 Å². The van der Waals surface area contributed by atoms with Crippen molar-refractivity contribution in [3.8, 4) is 55.6 Å². The Labute approximate surface area is 333 Å². The Bertz CT molecular complexity index is 3200. The van der Waals surface area contributed by atoms with Crippen LogP contribution in [0.25, 0.3) is 88.0 Å². The van der Waals surface area contributed by atoms with Crippen LogP contribution in [0.5, 0.6) is 0 Å². The third kappa shape index (κ3) is 5.00. The van der Waals surface area contributed by atoms with Crippen molar-refractivity contribution in [2.45, 2.75) is 18.3 Å². The van der Waals surface area contributed by atoms with Crippen LogP contribution in [0, 0.1) is 0 Å². The van der Waals surface area contributed by atoms with Crippen molar-refractivity contribution in [1.29, 1.82) is 0 Å². The van der Waals surface area contributed by atoms with E-state index in [2.05, 4.69) is 206 Å². The molecule has 0 nitrogen and oxygen atoms in total. The minimum absolute atomic E-state index is 0.0255. The smallest absolute Gasteiger partial charge is 0.0296 e. The van der Waals surface area contributed by atoms with Crippen molar-refractivity contribution in [2.75, 3.05) is 0 Å². The number of fused-ring (bicyclic) bond motifs is 10. The summed E-state index contributed by atoms with van der Waals surface area (Å²) in [4.78, 5) is 0. The first kappa shape index (κ1) is 32.2. The molecule has 0 unspecified atom stereocenters. The molecule has 0 saturated heterocycles. The van der Waals surface area contributed by atoms with Gasteiger partial charge in [0.25, 0.3) is 0 Å². The molecular formula is C57H38. The van der Waals surface area contributed by atoms with Gasteiger partial charge in [-0.25, -0.2) is 0 Å². The van der Waals surface area contributed by atoms with E-state index in [1.165, 1.54) is 110 Å². The van der Waals surface area contributed by atoms with Crippen LogP contribution in [-0.2, 0) is 18.3 Å². The molecule has 266 valence electrons. The van der Waals surface area contributed by atoms with E-state index in [0.717, 1.165) is 12.8 Å². The maximum absolute atomic E-state index is 2.52. The molecule has 0 N–H and O–H groups in total. The summed E-state index contributed by atoms with van der Waals surface area (Å²) in [6, 6.07) is 77.3. The fourth-order valence-corrected chi connectivity index (χ4v) is 10.3. The first-order chi connectivity index (χ1) is 28.2. The van der Waals surface area contributed by atoms with E-state index in [1.54, 1.807) is 0 Å². The zero-order valence-electron chi connectivity index (χ0n) is 31.5. The topological polar surface area (TPSA) is 0 Å². The summed E-state index contributed by atoms with van der Waals surface area (Å²) >= 11 is 0. The molecule has 10 aromatic rings. The van der Waals surface area contributed by atoms with E-state index in [9.17, 15) is 0 Å². The van der Waals surface area contributed by atoms with Crippen LogP contribution in [0.1, 0.15) is 22.3 Å². The molecule has 0 atom stereocenters. The van der Waals surface area contributed by atoms with Crippen LogP contribution in [0.3, 0.4) is 0 Å². The molecule has 0 aromatic heterocycles. The lowest BCUT2D eigenvalue weighted by atomic mass is 9.75. The second kappa shape index (κ2) is 12.5. The predicted octanol–water partition coefficient (Wildman–Crippen LogP) is 14.9. The minimum Gasteiger partial charge on any atom is -0.0622 e. The Hall–Kier alpha value is -7.02. The quantitative estimate of drug-likeness (QED) is 0.159. The van der Waals surface area contributed by atoms with E-state index in [4.69, 9.17) is 0 Å². The first-order valence-corrected chi connectivity index (χ1v) is 20.2. The molecule has 2 aliphatic rings. The van der Waals surface area contributed by atoms with Gasteiger partial charge in [-0.15, -0.1) is 0 Å². The van der Waals surface area contributed by atoms with Gasteiger partial charge in [-0.2, -0.15) is 0 Å². The van der Waals surface area contributed by atoms with Crippen molar-refractivity contribution in [2.24, 2.45) is 0 Å². The minimum atomic E-state index is -0.0255. The second-order valence-electron chi connectivity index (χ2n) is 16.1. The molecule has 1 spiro atoms. The van der Waals surface area contributed by atoms with Crippen LogP contribution in [0.4, 0.5) is 0 Å². The van der Waals surface area contributed by atoms with Gasteiger partial charge in [0.2, 0.25) is 0 Å². The molecule has 10 aromatic carbocycles. The number of benzene rings is 10. The van der Waals surface area contributed by atoms with Gasteiger partial charge in [-0.05, 0) is 159 Å². The van der Waals surface area contributed by atoms with Crippen molar-refractivity contribution in [3.63, 3.8) is 0 Å². The van der Waals surface area contributed by atoms with Gasteiger partial charge in [0.15, 0.2) is 0 Å². The Balaban J connectivity index is 1.03. The lowest BCUT2D eigenvalue weighted by Crippen LogP contribution is -2.25. The summed E-state index contributed by atoms with van der Waals surface area (Å²) in [5.41, 5.74) is 18.6. The van der Waals surface area contributed by atoms with E-state index in [-0.39, 0.29) is 5.41 Å². The molecule has 2 aliphatic carbocycles. The van der Waals surface area contributed by atoms with Crippen LogP contribution in [0.2, 0.25) is 0 Å². The zero-order chi connectivity index (χ0) is 37.5. The van der Waals surface area contributed by atoms with Gasteiger partial charge < -0.3 is 0 Å². The Morgan fingerprint density at radius 2 is 0.789 bits per heavy atom. The van der Waals surface area contributed by atoms with Gasteiger partial charge in [-0.1, -0.05) is 170 Å². The van der Waals surface area contributed by atoms with Gasteiger partial charge in [0, 0.05) is 5.41 Å². The molecule has 57 heavy (non-hydrogen) atoms. The summed E-state index contributed by atoms with van der Waals surface area (Å²) < 4.78 is 0. The van der Waals surface area contributed by atoms with E-state index in [1.807, 2.05) is 0 Å². The third-order valence-corrected chi connectivity index (χ3v) is 13.0. The maximum Gasteiger partial charge on any atom is 0.0296 e. The lowest BCUT2D eigenvalue weighted by Gasteiger charge is -2.27. The first-order valence-electron chi connectivity index (χ1n) is 20.2.